The summed E-state index contributed by atoms with van der Waals surface area (Å²) in [5.74, 6) is 3.16. The largest absolute Gasteiger partial charge is 0.356 e. The average molecular weight is 239 g/mol. The van der Waals surface area contributed by atoms with Crippen molar-refractivity contribution in [3.05, 3.63) is 23.9 Å². The minimum atomic E-state index is 0.542. The number of hydrogen-bond acceptors (Lipinski definition) is 2. The van der Waals surface area contributed by atoms with Gasteiger partial charge in [0.05, 0.1) is 0 Å². The maximum Gasteiger partial charge on any atom is 0.128 e. The minimum Gasteiger partial charge on any atom is -0.356 e. The third-order valence-electron chi connectivity index (χ3n) is 3.16. The lowest BCUT2D eigenvalue weighted by Gasteiger charge is -2.35. The van der Waals surface area contributed by atoms with Crippen LogP contribution in [0.15, 0.2) is 18.3 Å². The Morgan fingerprint density at radius 3 is 2.50 bits per heavy atom. The normalized spacial score (nSPS) is 25.8. The first-order valence-corrected chi connectivity index (χ1v) is 6.48. The van der Waals surface area contributed by atoms with E-state index in [0.29, 0.717) is 5.88 Å². The molecular formula is C13H19ClN2. The van der Waals surface area contributed by atoms with Crippen molar-refractivity contribution in [2.75, 3.05) is 18.0 Å². The topological polar surface area (TPSA) is 16.1 Å². The lowest BCUT2D eigenvalue weighted by Crippen LogP contribution is -2.39. The molecule has 1 aromatic heterocycles. The van der Waals surface area contributed by atoms with Gasteiger partial charge >= 0.3 is 0 Å². The van der Waals surface area contributed by atoms with Gasteiger partial charge in [0, 0.05) is 25.2 Å². The molecule has 2 unspecified atom stereocenters. The molecule has 1 aromatic rings. The van der Waals surface area contributed by atoms with Crippen molar-refractivity contribution in [3.63, 3.8) is 0 Å². The number of aromatic nitrogens is 1. The van der Waals surface area contributed by atoms with Gasteiger partial charge in [0.15, 0.2) is 0 Å². The third kappa shape index (κ3) is 2.67. The van der Waals surface area contributed by atoms with Crippen LogP contribution in [0.4, 0.5) is 5.82 Å². The molecule has 0 amide bonds. The van der Waals surface area contributed by atoms with Crippen LogP contribution in [0.1, 0.15) is 25.8 Å². The monoisotopic (exact) mass is 238 g/mol. The van der Waals surface area contributed by atoms with Gasteiger partial charge in [-0.05, 0) is 29.9 Å². The number of anilines is 1. The highest BCUT2D eigenvalue weighted by Gasteiger charge is 2.22. The van der Waals surface area contributed by atoms with Gasteiger partial charge in [0.2, 0.25) is 0 Å². The van der Waals surface area contributed by atoms with E-state index in [2.05, 4.69) is 35.9 Å². The van der Waals surface area contributed by atoms with E-state index in [1.807, 2.05) is 6.20 Å². The maximum atomic E-state index is 5.76. The van der Waals surface area contributed by atoms with Crippen molar-refractivity contribution in [3.8, 4) is 0 Å². The Labute approximate surface area is 103 Å². The SMILES string of the molecule is CC1CC(C)CN(c2ccc(CCl)cn2)C1. The van der Waals surface area contributed by atoms with E-state index in [0.717, 1.165) is 36.3 Å². The van der Waals surface area contributed by atoms with Gasteiger partial charge in [-0.1, -0.05) is 19.9 Å². The molecule has 2 heterocycles. The third-order valence-corrected chi connectivity index (χ3v) is 3.46. The van der Waals surface area contributed by atoms with E-state index >= 15 is 0 Å². The van der Waals surface area contributed by atoms with E-state index in [9.17, 15) is 0 Å². The van der Waals surface area contributed by atoms with Crippen LogP contribution in [-0.2, 0) is 5.88 Å². The molecule has 1 aliphatic rings. The molecule has 0 spiro atoms. The molecule has 16 heavy (non-hydrogen) atoms. The molecule has 2 rings (SSSR count). The van der Waals surface area contributed by atoms with E-state index in [1.165, 1.54) is 6.42 Å². The molecule has 0 N–H and O–H groups in total. The predicted octanol–water partition coefficient (Wildman–Crippen LogP) is 3.30. The summed E-state index contributed by atoms with van der Waals surface area (Å²) in [6.07, 6.45) is 3.21. The molecule has 3 heteroatoms. The number of nitrogens with zero attached hydrogens (tertiary/aromatic N) is 2. The molecule has 0 aromatic carbocycles. The van der Waals surface area contributed by atoms with Gasteiger partial charge in [0.25, 0.3) is 0 Å². The second-order valence-corrected chi connectivity index (χ2v) is 5.28. The fourth-order valence-corrected chi connectivity index (χ4v) is 2.69. The maximum absolute atomic E-state index is 5.76. The minimum absolute atomic E-state index is 0.542. The highest BCUT2D eigenvalue weighted by molar-refractivity contribution is 6.17. The fourth-order valence-electron chi connectivity index (χ4n) is 2.53. The van der Waals surface area contributed by atoms with Crippen LogP contribution in [0.3, 0.4) is 0 Å². The zero-order chi connectivity index (χ0) is 11.5. The standard InChI is InChI=1S/C13H19ClN2/c1-10-5-11(2)9-16(8-10)13-4-3-12(6-14)7-15-13/h3-4,7,10-11H,5-6,8-9H2,1-2H3. The van der Waals surface area contributed by atoms with Crippen molar-refractivity contribution in [2.24, 2.45) is 11.8 Å². The molecular weight excluding hydrogens is 220 g/mol. The highest BCUT2D eigenvalue weighted by Crippen LogP contribution is 2.24. The summed E-state index contributed by atoms with van der Waals surface area (Å²) in [5.41, 5.74) is 1.09. The van der Waals surface area contributed by atoms with Crippen LogP contribution >= 0.6 is 11.6 Å². The lowest BCUT2D eigenvalue weighted by molar-refractivity contribution is 0.355. The summed E-state index contributed by atoms with van der Waals surface area (Å²) < 4.78 is 0. The highest BCUT2D eigenvalue weighted by atomic mass is 35.5. The summed E-state index contributed by atoms with van der Waals surface area (Å²) in [6, 6.07) is 4.15. The van der Waals surface area contributed by atoms with Gasteiger partial charge in [-0.25, -0.2) is 4.98 Å². The van der Waals surface area contributed by atoms with Crippen LogP contribution in [0, 0.1) is 11.8 Å². The molecule has 0 saturated carbocycles. The van der Waals surface area contributed by atoms with Crippen molar-refractivity contribution in [1.82, 2.24) is 4.98 Å². The summed E-state index contributed by atoms with van der Waals surface area (Å²) in [5, 5.41) is 0. The van der Waals surface area contributed by atoms with Crippen molar-refractivity contribution >= 4 is 17.4 Å². The van der Waals surface area contributed by atoms with Crippen molar-refractivity contribution in [2.45, 2.75) is 26.1 Å². The Kier molecular flexibility index (Phi) is 3.70. The Balaban J connectivity index is 2.10. The summed E-state index contributed by atoms with van der Waals surface area (Å²) >= 11 is 5.76. The lowest BCUT2D eigenvalue weighted by atomic mass is 9.92. The molecule has 0 bridgehead atoms. The fraction of sp³-hybridized carbons (Fsp3) is 0.615. The van der Waals surface area contributed by atoms with Crippen molar-refractivity contribution in [1.29, 1.82) is 0 Å². The zero-order valence-electron chi connectivity index (χ0n) is 9.99. The smallest absolute Gasteiger partial charge is 0.128 e. The Morgan fingerprint density at radius 2 is 2.00 bits per heavy atom. The molecule has 0 radical (unpaired) electrons. The van der Waals surface area contributed by atoms with E-state index in [1.54, 1.807) is 0 Å². The number of halogens is 1. The Bertz CT molecular complexity index is 326. The second kappa shape index (κ2) is 5.05. The van der Waals surface area contributed by atoms with Gasteiger partial charge in [-0.2, -0.15) is 0 Å². The summed E-state index contributed by atoms with van der Waals surface area (Å²) in [6.45, 7) is 6.88. The van der Waals surface area contributed by atoms with E-state index in [4.69, 9.17) is 11.6 Å². The molecule has 2 nitrogen and oxygen atoms in total. The first-order valence-electron chi connectivity index (χ1n) is 5.95. The van der Waals surface area contributed by atoms with E-state index in [-0.39, 0.29) is 0 Å². The van der Waals surface area contributed by atoms with Crippen LogP contribution < -0.4 is 4.90 Å². The summed E-state index contributed by atoms with van der Waals surface area (Å²) in [4.78, 5) is 6.87. The van der Waals surface area contributed by atoms with Crippen LogP contribution in [-0.4, -0.2) is 18.1 Å². The number of alkyl halides is 1. The molecule has 1 fully saturated rings. The Hall–Kier alpha value is -0.760. The van der Waals surface area contributed by atoms with Crippen LogP contribution in [0.5, 0.6) is 0 Å². The number of pyridine rings is 1. The first-order chi connectivity index (χ1) is 7.69. The van der Waals surface area contributed by atoms with Gasteiger partial charge in [-0.3, -0.25) is 0 Å². The zero-order valence-corrected chi connectivity index (χ0v) is 10.7. The molecule has 88 valence electrons. The molecule has 2 atom stereocenters. The van der Waals surface area contributed by atoms with Gasteiger partial charge < -0.3 is 4.90 Å². The molecule has 1 saturated heterocycles. The predicted molar refractivity (Wildman–Crippen MR) is 69.0 cm³/mol. The molecule has 0 aliphatic carbocycles. The number of hydrogen-bond donors (Lipinski definition) is 0. The number of rotatable bonds is 2. The first kappa shape index (κ1) is 11.7. The van der Waals surface area contributed by atoms with Crippen molar-refractivity contribution < 1.29 is 0 Å². The molecule has 1 aliphatic heterocycles. The van der Waals surface area contributed by atoms with Gasteiger partial charge in [0.1, 0.15) is 5.82 Å². The summed E-state index contributed by atoms with van der Waals surface area (Å²) in [7, 11) is 0. The Morgan fingerprint density at radius 1 is 1.31 bits per heavy atom. The van der Waals surface area contributed by atoms with Crippen LogP contribution in [0.2, 0.25) is 0 Å². The second-order valence-electron chi connectivity index (χ2n) is 5.01. The quantitative estimate of drug-likeness (QED) is 0.735. The van der Waals surface area contributed by atoms with E-state index < -0.39 is 0 Å². The number of piperidine rings is 1. The van der Waals surface area contributed by atoms with Gasteiger partial charge in [-0.15, -0.1) is 11.6 Å². The van der Waals surface area contributed by atoms with Crippen LogP contribution in [0.25, 0.3) is 0 Å². The average Bonchev–Trinajstić information content (AvgIpc) is 2.28.